The molecular formula is C7H11F2NO. The third-order valence-corrected chi connectivity index (χ3v) is 2.03. The first-order valence-electron chi connectivity index (χ1n) is 3.76. The van der Waals surface area contributed by atoms with Gasteiger partial charge >= 0.3 is 0 Å². The number of alkyl halides is 2. The second-order valence-electron chi connectivity index (χ2n) is 3.19. The van der Waals surface area contributed by atoms with E-state index in [1.54, 1.807) is 0 Å². The standard InChI is InChI=1S/C7H11F2NO/c1-5(10-11)7(8,9)4-6-2-3-6/h5-6H,2-4H2,1H3. The maximum absolute atomic E-state index is 12.8. The van der Waals surface area contributed by atoms with Crippen LogP contribution in [0, 0.1) is 10.8 Å². The number of rotatable bonds is 4. The smallest absolute Gasteiger partial charge is 0.204 e. The Balaban J connectivity index is 2.41. The highest BCUT2D eigenvalue weighted by atomic mass is 19.3. The molecule has 1 fully saturated rings. The Labute approximate surface area is 63.9 Å². The van der Waals surface area contributed by atoms with Gasteiger partial charge in [-0.05, 0) is 25.7 Å². The quantitative estimate of drug-likeness (QED) is 0.585. The Morgan fingerprint density at radius 2 is 2.18 bits per heavy atom. The molecular weight excluding hydrogens is 152 g/mol. The zero-order valence-electron chi connectivity index (χ0n) is 6.39. The highest BCUT2D eigenvalue weighted by molar-refractivity contribution is 4.86. The number of halogens is 2. The van der Waals surface area contributed by atoms with Crippen LogP contribution in [0.1, 0.15) is 26.2 Å². The van der Waals surface area contributed by atoms with Crippen molar-refractivity contribution in [3.05, 3.63) is 4.91 Å². The van der Waals surface area contributed by atoms with Gasteiger partial charge in [0, 0.05) is 6.42 Å². The molecule has 0 amide bonds. The summed E-state index contributed by atoms with van der Waals surface area (Å²) in [5, 5.41) is 2.34. The summed E-state index contributed by atoms with van der Waals surface area (Å²) < 4.78 is 25.6. The molecule has 0 saturated heterocycles. The van der Waals surface area contributed by atoms with E-state index < -0.39 is 12.0 Å². The van der Waals surface area contributed by atoms with Gasteiger partial charge in [0.2, 0.25) is 0 Å². The zero-order chi connectivity index (χ0) is 8.48. The first-order valence-corrected chi connectivity index (χ1v) is 3.76. The minimum Gasteiger partial charge on any atom is -0.204 e. The lowest BCUT2D eigenvalue weighted by atomic mass is 10.1. The summed E-state index contributed by atoms with van der Waals surface area (Å²) in [7, 11) is 0. The van der Waals surface area contributed by atoms with Gasteiger partial charge in [0.05, 0.1) is 0 Å². The first kappa shape index (κ1) is 8.56. The lowest BCUT2D eigenvalue weighted by Gasteiger charge is -2.17. The summed E-state index contributed by atoms with van der Waals surface area (Å²) in [5.74, 6) is -2.75. The Morgan fingerprint density at radius 3 is 2.55 bits per heavy atom. The molecule has 1 aliphatic carbocycles. The van der Waals surface area contributed by atoms with Gasteiger partial charge in [-0.1, -0.05) is 5.18 Å². The number of nitrogens with zero attached hydrogens (tertiary/aromatic N) is 1. The van der Waals surface area contributed by atoms with Crippen LogP contribution in [0.25, 0.3) is 0 Å². The molecule has 0 aromatic carbocycles. The van der Waals surface area contributed by atoms with E-state index in [1.807, 2.05) is 0 Å². The normalized spacial score (nSPS) is 21.4. The van der Waals surface area contributed by atoms with Crippen LogP contribution in [0.4, 0.5) is 8.78 Å². The van der Waals surface area contributed by atoms with Crippen LogP contribution in [0.2, 0.25) is 0 Å². The van der Waals surface area contributed by atoms with Crippen molar-refractivity contribution in [3.8, 4) is 0 Å². The van der Waals surface area contributed by atoms with Crippen LogP contribution in [0.5, 0.6) is 0 Å². The van der Waals surface area contributed by atoms with E-state index in [0.29, 0.717) is 0 Å². The van der Waals surface area contributed by atoms with Gasteiger partial charge in [0.15, 0.2) is 6.04 Å². The predicted octanol–water partition coefficient (Wildman–Crippen LogP) is 2.58. The Kier molecular flexibility index (Phi) is 2.20. The molecule has 1 unspecified atom stereocenters. The zero-order valence-corrected chi connectivity index (χ0v) is 6.39. The van der Waals surface area contributed by atoms with Gasteiger partial charge in [-0.3, -0.25) is 0 Å². The molecule has 0 aliphatic heterocycles. The molecule has 0 spiro atoms. The summed E-state index contributed by atoms with van der Waals surface area (Å²) in [5.41, 5.74) is 0. The first-order chi connectivity index (χ1) is 5.06. The van der Waals surface area contributed by atoms with Crippen molar-refractivity contribution >= 4 is 0 Å². The van der Waals surface area contributed by atoms with Crippen LogP contribution in [0.15, 0.2) is 5.18 Å². The molecule has 1 saturated carbocycles. The molecule has 0 N–H and O–H groups in total. The van der Waals surface area contributed by atoms with E-state index in [1.165, 1.54) is 0 Å². The average Bonchev–Trinajstić information content (AvgIpc) is 2.69. The topological polar surface area (TPSA) is 29.4 Å². The van der Waals surface area contributed by atoms with Gasteiger partial charge in [0.25, 0.3) is 5.92 Å². The van der Waals surface area contributed by atoms with Crippen molar-refractivity contribution in [2.45, 2.75) is 38.2 Å². The molecule has 4 heteroatoms. The summed E-state index contributed by atoms with van der Waals surface area (Å²) in [6.07, 6.45) is 1.59. The molecule has 0 bridgehead atoms. The second-order valence-corrected chi connectivity index (χ2v) is 3.19. The van der Waals surface area contributed by atoms with Gasteiger partial charge in [-0.15, -0.1) is 0 Å². The SMILES string of the molecule is CC(N=O)C(F)(F)CC1CC1. The summed E-state index contributed by atoms with van der Waals surface area (Å²) in [4.78, 5) is 9.82. The Hall–Kier alpha value is -0.540. The second kappa shape index (κ2) is 2.83. The largest absolute Gasteiger partial charge is 0.273 e. The van der Waals surface area contributed by atoms with Gasteiger partial charge < -0.3 is 0 Å². The molecule has 1 rings (SSSR count). The van der Waals surface area contributed by atoms with Crippen LogP contribution >= 0.6 is 0 Å². The van der Waals surface area contributed by atoms with Crippen molar-refractivity contribution in [3.63, 3.8) is 0 Å². The van der Waals surface area contributed by atoms with E-state index in [4.69, 9.17) is 0 Å². The van der Waals surface area contributed by atoms with Crippen molar-refractivity contribution in [2.24, 2.45) is 11.1 Å². The van der Waals surface area contributed by atoms with Gasteiger partial charge in [0.1, 0.15) is 0 Å². The minimum atomic E-state index is -2.89. The molecule has 1 atom stereocenters. The number of hydrogen-bond acceptors (Lipinski definition) is 2. The van der Waals surface area contributed by atoms with E-state index in [2.05, 4.69) is 5.18 Å². The molecule has 0 radical (unpaired) electrons. The minimum absolute atomic E-state index is 0.134. The van der Waals surface area contributed by atoms with E-state index in [-0.39, 0.29) is 12.3 Å². The lowest BCUT2D eigenvalue weighted by Crippen LogP contribution is -2.29. The Morgan fingerprint density at radius 1 is 1.64 bits per heavy atom. The van der Waals surface area contributed by atoms with Crippen LogP contribution in [0.3, 0.4) is 0 Å². The number of nitroso groups, excluding NO2 is 1. The Bertz CT molecular complexity index is 157. The van der Waals surface area contributed by atoms with Gasteiger partial charge in [-0.2, -0.15) is 4.91 Å². The highest BCUT2D eigenvalue weighted by Crippen LogP contribution is 2.40. The molecule has 11 heavy (non-hydrogen) atoms. The molecule has 1 aliphatic rings. The highest BCUT2D eigenvalue weighted by Gasteiger charge is 2.42. The lowest BCUT2D eigenvalue weighted by molar-refractivity contribution is -0.0323. The van der Waals surface area contributed by atoms with Crippen molar-refractivity contribution in [1.29, 1.82) is 0 Å². The average molecular weight is 163 g/mol. The van der Waals surface area contributed by atoms with E-state index in [0.717, 1.165) is 19.8 Å². The molecule has 64 valence electrons. The van der Waals surface area contributed by atoms with E-state index >= 15 is 0 Å². The third-order valence-electron chi connectivity index (χ3n) is 2.03. The molecule has 0 aromatic heterocycles. The maximum atomic E-state index is 12.8. The van der Waals surface area contributed by atoms with Crippen LogP contribution in [-0.4, -0.2) is 12.0 Å². The predicted molar refractivity (Wildman–Crippen MR) is 37.5 cm³/mol. The van der Waals surface area contributed by atoms with Crippen molar-refractivity contribution < 1.29 is 8.78 Å². The fourth-order valence-electron chi connectivity index (χ4n) is 0.955. The monoisotopic (exact) mass is 163 g/mol. The van der Waals surface area contributed by atoms with Crippen molar-refractivity contribution in [1.82, 2.24) is 0 Å². The molecule has 0 aromatic rings. The summed E-state index contributed by atoms with van der Waals surface area (Å²) in [6.45, 7) is 1.16. The molecule has 0 heterocycles. The van der Waals surface area contributed by atoms with E-state index in [9.17, 15) is 13.7 Å². The summed E-state index contributed by atoms with van der Waals surface area (Å²) >= 11 is 0. The van der Waals surface area contributed by atoms with Crippen molar-refractivity contribution in [2.75, 3.05) is 0 Å². The fourth-order valence-corrected chi connectivity index (χ4v) is 0.955. The fraction of sp³-hybridized carbons (Fsp3) is 1.00. The maximum Gasteiger partial charge on any atom is 0.273 e. The number of hydrogen-bond donors (Lipinski definition) is 0. The van der Waals surface area contributed by atoms with Gasteiger partial charge in [-0.25, -0.2) is 8.78 Å². The summed E-state index contributed by atoms with van der Waals surface area (Å²) in [6, 6.07) is -1.37. The van der Waals surface area contributed by atoms with Crippen LogP contribution < -0.4 is 0 Å². The van der Waals surface area contributed by atoms with Crippen LogP contribution in [-0.2, 0) is 0 Å². The third kappa shape index (κ3) is 2.20. The molecule has 2 nitrogen and oxygen atoms in total.